The van der Waals surface area contributed by atoms with Crippen LogP contribution in [0.2, 0.25) is 0 Å². The van der Waals surface area contributed by atoms with Gasteiger partial charge in [0, 0.05) is 41.6 Å². The number of alkyl carbamates (subject to hydrolysis) is 1. The minimum atomic E-state index is -0.954. The van der Waals surface area contributed by atoms with Gasteiger partial charge >= 0.3 is 6.09 Å². The van der Waals surface area contributed by atoms with Crippen LogP contribution in [-0.2, 0) is 20.7 Å². The Bertz CT molecular complexity index is 1780. The number of hydrogen-bond acceptors (Lipinski definition) is 6. The molecule has 10 nitrogen and oxygen atoms in total. The van der Waals surface area contributed by atoms with Crippen molar-refractivity contribution in [3.8, 4) is 0 Å². The SMILES string of the molecule is COC(=O)NC(C(=O)Nc1ccccc1CC[C@@H]1CN[C@H](CNC(=O)c2cc3ccccc3[nH]2)CO1)C(c1ccccc1)c1ccccc1. The van der Waals surface area contributed by atoms with Gasteiger partial charge in [0.15, 0.2) is 0 Å². The van der Waals surface area contributed by atoms with Crippen LogP contribution in [-0.4, -0.2) is 67.9 Å². The molecule has 1 fully saturated rings. The molecule has 10 heteroatoms. The molecule has 6 rings (SSSR count). The molecule has 252 valence electrons. The van der Waals surface area contributed by atoms with Gasteiger partial charge in [-0.3, -0.25) is 9.59 Å². The maximum Gasteiger partial charge on any atom is 0.407 e. The topological polar surface area (TPSA) is 134 Å². The number of hydrogen-bond donors (Lipinski definition) is 5. The standard InChI is InChI=1S/C39H41N5O5/c1-48-39(47)44-36(35(27-13-4-2-5-14-27)28-15-6-3-7-16-28)38(46)43-32-18-10-8-12-26(32)20-21-31-24-40-30(25-49-31)23-41-37(45)34-22-29-17-9-11-19-33(29)42-34/h2-19,22,30-31,35-36,40,42H,20-21,23-25H2,1H3,(H,41,45)(H,43,46)(H,44,47)/t30-,31-,36?/m1/s1. The number of H-pyrrole nitrogens is 1. The van der Waals surface area contributed by atoms with E-state index in [1.165, 1.54) is 7.11 Å². The summed E-state index contributed by atoms with van der Waals surface area (Å²) in [6.07, 6.45) is 0.677. The second-order valence-electron chi connectivity index (χ2n) is 12.1. The minimum absolute atomic E-state index is 0.00225. The summed E-state index contributed by atoms with van der Waals surface area (Å²) in [6.45, 7) is 1.56. The number of anilines is 1. The molecule has 0 spiro atoms. The third kappa shape index (κ3) is 8.53. The van der Waals surface area contributed by atoms with Crippen molar-refractivity contribution in [3.63, 3.8) is 0 Å². The van der Waals surface area contributed by atoms with Crippen molar-refractivity contribution >= 4 is 34.5 Å². The predicted molar refractivity (Wildman–Crippen MR) is 190 cm³/mol. The number of carbonyl (C=O) groups is 3. The van der Waals surface area contributed by atoms with E-state index in [0.717, 1.165) is 34.0 Å². The van der Waals surface area contributed by atoms with E-state index in [1.54, 1.807) is 0 Å². The summed E-state index contributed by atoms with van der Waals surface area (Å²) in [7, 11) is 1.28. The Labute approximate surface area is 285 Å². The number of ether oxygens (including phenoxy) is 2. The van der Waals surface area contributed by atoms with Crippen molar-refractivity contribution in [2.75, 3.05) is 32.1 Å². The van der Waals surface area contributed by atoms with Crippen molar-refractivity contribution in [1.82, 2.24) is 20.9 Å². The van der Waals surface area contributed by atoms with E-state index in [1.807, 2.05) is 115 Å². The van der Waals surface area contributed by atoms with Crippen molar-refractivity contribution in [1.29, 1.82) is 0 Å². The summed E-state index contributed by atoms with van der Waals surface area (Å²) in [5, 5.41) is 13.4. The fourth-order valence-corrected chi connectivity index (χ4v) is 6.26. The fraction of sp³-hybridized carbons (Fsp3) is 0.256. The van der Waals surface area contributed by atoms with Crippen molar-refractivity contribution in [3.05, 3.63) is 138 Å². The van der Waals surface area contributed by atoms with E-state index in [-0.39, 0.29) is 24.0 Å². The zero-order chi connectivity index (χ0) is 34.0. The zero-order valence-electron chi connectivity index (χ0n) is 27.4. The number of amides is 3. The van der Waals surface area contributed by atoms with Crippen LogP contribution in [0, 0.1) is 0 Å². The molecule has 3 atom stereocenters. The molecule has 1 aliphatic heterocycles. The van der Waals surface area contributed by atoms with Crippen LogP contribution in [0.4, 0.5) is 10.5 Å². The van der Waals surface area contributed by atoms with E-state index in [9.17, 15) is 14.4 Å². The summed E-state index contributed by atoms with van der Waals surface area (Å²) in [6, 6.07) is 35.7. The first-order chi connectivity index (χ1) is 24.0. The highest BCUT2D eigenvalue weighted by Crippen LogP contribution is 2.30. The molecule has 2 heterocycles. The van der Waals surface area contributed by atoms with Crippen LogP contribution < -0.4 is 21.3 Å². The Kier molecular flexibility index (Phi) is 11.0. The van der Waals surface area contributed by atoms with Crippen LogP contribution >= 0.6 is 0 Å². The number of carbonyl (C=O) groups excluding carboxylic acids is 3. The van der Waals surface area contributed by atoms with E-state index < -0.39 is 18.1 Å². The van der Waals surface area contributed by atoms with Crippen LogP contribution in [0.5, 0.6) is 0 Å². The highest BCUT2D eigenvalue weighted by Gasteiger charge is 2.33. The molecular formula is C39H41N5O5. The lowest BCUT2D eigenvalue weighted by Crippen LogP contribution is -2.51. The summed E-state index contributed by atoms with van der Waals surface area (Å²) in [5.41, 5.74) is 4.86. The van der Waals surface area contributed by atoms with Crippen LogP contribution in [0.25, 0.3) is 10.9 Å². The Hall–Kier alpha value is -5.45. The Balaban J connectivity index is 1.06. The molecular weight excluding hydrogens is 618 g/mol. The van der Waals surface area contributed by atoms with E-state index in [4.69, 9.17) is 9.47 Å². The largest absolute Gasteiger partial charge is 0.453 e. The fourth-order valence-electron chi connectivity index (χ4n) is 6.26. The van der Waals surface area contributed by atoms with Gasteiger partial charge in [-0.1, -0.05) is 97.1 Å². The number of aromatic nitrogens is 1. The van der Waals surface area contributed by atoms with Gasteiger partial charge in [0.25, 0.3) is 5.91 Å². The highest BCUT2D eigenvalue weighted by atomic mass is 16.5. The molecule has 1 saturated heterocycles. The molecule has 49 heavy (non-hydrogen) atoms. The third-order valence-electron chi connectivity index (χ3n) is 8.85. The number of aryl methyl sites for hydroxylation is 1. The third-order valence-corrected chi connectivity index (χ3v) is 8.85. The molecule has 1 aliphatic rings. The quantitative estimate of drug-likeness (QED) is 0.122. The number of nitrogens with one attached hydrogen (secondary N) is 5. The Morgan fingerprint density at radius 2 is 1.55 bits per heavy atom. The molecule has 1 aromatic heterocycles. The molecule has 3 amide bonds. The predicted octanol–water partition coefficient (Wildman–Crippen LogP) is 5.38. The van der Waals surface area contributed by atoms with Crippen LogP contribution in [0.15, 0.2) is 115 Å². The maximum atomic E-state index is 14.0. The lowest BCUT2D eigenvalue weighted by atomic mass is 9.84. The molecule has 0 aliphatic carbocycles. The average molecular weight is 660 g/mol. The lowest BCUT2D eigenvalue weighted by molar-refractivity contribution is -0.118. The van der Waals surface area contributed by atoms with Gasteiger partial charge in [0.05, 0.1) is 19.8 Å². The van der Waals surface area contributed by atoms with Gasteiger partial charge in [-0.2, -0.15) is 0 Å². The lowest BCUT2D eigenvalue weighted by Gasteiger charge is -2.31. The first kappa shape index (κ1) is 33.5. The summed E-state index contributed by atoms with van der Waals surface area (Å²) < 4.78 is 11.1. The summed E-state index contributed by atoms with van der Waals surface area (Å²) in [5.74, 6) is -0.972. The van der Waals surface area contributed by atoms with Crippen molar-refractivity contribution in [2.24, 2.45) is 0 Å². The van der Waals surface area contributed by atoms with Gasteiger partial charge in [-0.15, -0.1) is 0 Å². The van der Waals surface area contributed by atoms with E-state index >= 15 is 0 Å². The van der Waals surface area contributed by atoms with Gasteiger partial charge in [-0.25, -0.2) is 4.79 Å². The number of morpholine rings is 1. The maximum absolute atomic E-state index is 14.0. The van der Waals surface area contributed by atoms with Crippen molar-refractivity contribution in [2.45, 2.75) is 36.9 Å². The molecule has 0 saturated carbocycles. The minimum Gasteiger partial charge on any atom is -0.453 e. The monoisotopic (exact) mass is 659 g/mol. The molecule has 5 aromatic rings. The number of fused-ring (bicyclic) bond motifs is 1. The summed E-state index contributed by atoms with van der Waals surface area (Å²) >= 11 is 0. The Morgan fingerprint density at radius 3 is 2.22 bits per heavy atom. The molecule has 0 radical (unpaired) electrons. The smallest absolute Gasteiger partial charge is 0.407 e. The second kappa shape index (κ2) is 16.1. The van der Waals surface area contributed by atoms with E-state index in [0.29, 0.717) is 37.5 Å². The molecule has 0 bridgehead atoms. The molecule has 1 unspecified atom stereocenters. The molecule has 4 aromatic carbocycles. The van der Waals surface area contributed by atoms with Crippen LogP contribution in [0.3, 0.4) is 0 Å². The first-order valence-electron chi connectivity index (χ1n) is 16.5. The van der Waals surface area contributed by atoms with Gasteiger partial charge < -0.3 is 35.7 Å². The molecule has 5 N–H and O–H groups in total. The average Bonchev–Trinajstić information content (AvgIpc) is 3.59. The second-order valence-corrected chi connectivity index (χ2v) is 12.1. The number of para-hydroxylation sites is 2. The summed E-state index contributed by atoms with van der Waals surface area (Å²) in [4.78, 5) is 42.5. The number of benzene rings is 4. The number of methoxy groups -OCH3 is 1. The van der Waals surface area contributed by atoms with Crippen LogP contribution in [0.1, 0.15) is 39.5 Å². The Morgan fingerprint density at radius 1 is 0.878 bits per heavy atom. The highest BCUT2D eigenvalue weighted by molar-refractivity contribution is 5.99. The van der Waals surface area contributed by atoms with E-state index in [2.05, 4.69) is 26.3 Å². The number of aromatic amines is 1. The number of rotatable bonds is 12. The van der Waals surface area contributed by atoms with Gasteiger partial charge in [0.2, 0.25) is 5.91 Å². The zero-order valence-corrected chi connectivity index (χ0v) is 27.4. The normalized spacial score (nSPS) is 16.5. The van der Waals surface area contributed by atoms with Gasteiger partial charge in [0.1, 0.15) is 11.7 Å². The first-order valence-corrected chi connectivity index (χ1v) is 16.5. The van der Waals surface area contributed by atoms with Crippen molar-refractivity contribution < 1.29 is 23.9 Å². The van der Waals surface area contributed by atoms with Gasteiger partial charge in [-0.05, 0) is 47.7 Å².